The highest BCUT2D eigenvalue weighted by Crippen LogP contribution is 2.24. The molecule has 1 fully saturated rings. The number of rotatable bonds is 3. The Bertz CT molecular complexity index is 796. The van der Waals surface area contributed by atoms with Crippen molar-refractivity contribution in [3.05, 3.63) is 58.4 Å². The average Bonchev–Trinajstić information content (AvgIpc) is 3.03. The van der Waals surface area contributed by atoms with Crippen LogP contribution in [-0.2, 0) is 0 Å². The third-order valence-electron chi connectivity index (χ3n) is 4.56. The van der Waals surface area contributed by atoms with E-state index >= 15 is 0 Å². The molecular weight excluding hydrogens is 341 g/mol. The molecule has 0 aliphatic carbocycles. The molecule has 1 aliphatic rings. The predicted octanol–water partition coefficient (Wildman–Crippen LogP) is 4.50. The Morgan fingerprint density at radius 1 is 1.28 bits per heavy atom. The smallest absolute Gasteiger partial charge is 0.319 e. The lowest BCUT2D eigenvalue weighted by atomic mass is 10.2. The summed E-state index contributed by atoms with van der Waals surface area (Å²) in [6.45, 7) is 5.05. The summed E-state index contributed by atoms with van der Waals surface area (Å²) in [5, 5.41) is 6.42. The van der Waals surface area contributed by atoms with Gasteiger partial charge in [0.2, 0.25) is 0 Å². The third kappa shape index (κ3) is 4.04. The highest BCUT2D eigenvalue weighted by atomic mass is 35.5. The number of amides is 2. The summed E-state index contributed by atoms with van der Waals surface area (Å²) in [4.78, 5) is 14.3. The van der Waals surface area contributed by atoms with E-state index in [1.807, 2.05) is 19.1 Å². The van der Waals surface area contributed by atoms with Crippen molar-refractivity contribution < 1.29 is 9.18 Å². The van der Waals surface area contributed by atoms with E-state index in [0.717, 1.165) is 24.2 Å². The Morgan fingerprint density at radius 2 is 2.08 bits per heavy atom. The Labute approximate surface area is 152 Å². The maximum Gasteiger partial charge on any atom is 0.319 e. The molecule has 2 aromatic carbocycles. The van der Waals surface area contributed by atoms with E-state index in [9.17, 15) is 9.18 Å². The number of nitrogens with one attached hydrogen (secondary N) is 2. The Hall–Kier alpha value is -2.27. The summed E-state index contributed by atoms with van der Waals surface area (Å²) in [6.07, 6.45) is 0.817. The number of anilines is 2. The number of benzene rings is 2. The molecule has 0 aromatic heterocycles. The molecule has 6 heteroatoms. The first kappa shape index (κ1) is 17.5. The van der Waals surface area contributed by atoms with Gasteiger partial charge in [-0.25, -0.2) is 9.18 Å². The molecule has 0 bridgehead atoms. The summed E-state index contributed by atoms with van der Waals surface area (Å²) < 4.78 is 13.7. The van der Waals surface area contributed by atoms with Gasteiger partial charge in [0, 0.05) is 35.5 Å². The van der Waals surface area contributed by atoms with Crippen molar-refractivity contribution in [3.8, 4) is 0 Å². The van der Waals surface area contributed by atoms with E-state index in [4.69, 9.17) is 11.6 Å². The molecule has 132 valence electrons. The van der Waals surface area contributed by atoms with Crippen molar-refractivity contribution in [2.24, 2.45) is 0 Å². The van der Waals surface area contributed by atoms with Crippen molar-refractivity contribution in [1.82, 2.24) is 5.32 Å². The summed E-state index contributed by atoms with van der Waals surface area (Å²) in [5.41, 5.74) is 3.01. The van der Waals surface area contributed by atoms with Gasteiger partial charge in [-0.3, -0.25) is 0 Å². The maximum atomic E-state index is 13.7. The highest BCUT2D eigenvalue weighted by Gasteiger charge is 2.24. The van der Waals surface area contributed by atoms with Gasteiger partial charge in [-0.05, 0) is 55.7 Å². The molecular formula is C19H21ClFN3O. The average molecular weight is 362 g/mol. The minimum atomic E-state index is -0.257. The summed E-state index contributed by atoms with van der Waals surface area (Å²) >= 11 is 6.07. The molecule has 1 heterocycles. The molecule has 0 saturated carbocycles. The van der Waals surface area contributed by atoms with Crippen LogP contribution in [0.15, 0.2) is 36.4 Å². The molecule has 2 aromatic rings. The van der Waals surface area contributed by atoms with Crippen LogP contribution in [0.2, 0.25) is 5.02 Å². The van der Waals surface area contributed by atoms with Crippen LogP contribution in [0.1, 0.15) is 17.5 Å². The van der Waals surface area contributed by atoms with Gasteiger partial charge in [0.1, 0.15) is 5.82 Å². The van der Waals surface area contributed by atoms with E-state index in [-0.39, 0.29) is 17.9 Å². The van der Waals surface area contributed by atoms with Crippen LogP contribution in [0.25, 0.3) is 0 Å². The molecule has 3 rings (SSSR count). The second-order valence-electron chi connectivity index (χ2n) is 6.38. The zero-order valence-electron chi connectivity index (χ0n) is 14.3. The molecule has 1 saturated heterocycles. The number of aryl methyl sites for hydroxylation is 1. The first-order chi connectivity index (χ1) is 11.9. The quantitative estimate of drug-likeness (QED) is 0.845. The van der Waals surface area contributed by atoms with Crippen molar-refractivity contribution in [2.45, 2.75) is 26.3 Å². The van der Waals surface area contributed by atoms with Gasteiger partial charge in [-0.15, -0.1) is 0 Å². The minimum absolute atomic E-state index is 0.0175. The zero-order valence-corrected chi connectivity index (χ0v) is 15.0. The van der Waals surface area contributed by atoms with Gasteiger partial charge in [0.25, 0.3) is 0 Å². The van der Waals surface area contributed by atoms with E-state index in [2.05, 4.69) is 15.5 Å². The van der Waals surface area contributed by atoms with E-state index < -0.39 is 0 Å². The monoisotopic (exact) mass is 361 g/mol. The van der Waals surface area contributed by atoms with Crippen LogP contribution in [0.3, 0.4) is 0 Å². The fourth-order valence-corrected chi connectivity index (χ4v) is 3.15. The third-order valence-corrected chi connectivity index (χ3v) is 4.97. The lowest BCUT2D eigenvalue weighted by Gasteiger charge is -2.20. The van der Waals surface area contributed by atoms with E-state index in [1.165, 1.54) is 0 Å². The Balaban J connectivity index is 1.58. The number of hydrogen-bond acceptors (Lipinski definition) is 2. The zero-order chi connectivity index (χ0) is 18.0. The van der Waals surface area contributed by atoms with Gasteiger partial charge < -0.3 is 15.5 Å². The first-order valence-electron chi connectivity index (χ1n) is 8.28. The molecule has 0 radical (unpaired) electrons. The molecule has 1 aliphatic heterocycles. The molecule has 0 unspecified atom stereocenters. The molecule has 2 amide bonds. The summed E-state index contributed by atoms with van der Waals surface area (Å²) in [6, 6.07) is 10.4. The topological polar surface area (TPSA) is 44.4 Å². The van der Waals surface area contributed by atoms with E-state index in [0.29, 0.717) is 22.8 Å². The lowest BCUT2D eigenvalue weighted by molar-refractivity contribution is 0.249. The second kappa shape index (κ2) is 7.31. The molecule has 4 nitrogen and oxygen atoms in total. The van der Waals surface area contributed by atoms with Gasteiger partial charge in [0.15, 0.2) is 0 Å². The number of hydrogen-bond donors (Lipinski definition) is 2. The fraction of sp³-hybridized carbons (Fsp3) is 0.316. The number of halogens is 2. The van der Waals surface area contributed by atoms with Crippen LogP contribution >= 0.6 is 11.6 Å². The highest BCUT2D eigenvalue weighted by molar-refractivity contribution is 6.31. The van der Waals surface area contributed by atoms with Gasteiger partial charge in [0.05, 0.1) is 0 Å². The van der Waals surface area contributed by atoms with Crippen LogP contribution in [0.5, 0.6) is 0 Å². The normalized spacial score (nSPS) is 16.8. The van der Waals surface area contributed by atoms with Crippen LogP contribution < -0.4 is 15.5 Å². The number of urea groups is 1. The summed E-state index contributed by atoms with van der Waals surface area (Å²) in [7, 11) is 0. The van der Waals surface area contributed by atoms with Crippen LogP contribution in [0, 0.1) is 19.7 Å². The van der Waals surface area contributed by atoms with E-state index in [1.54, 1.807) is 31.2 Å². The fourth-order valence-electron chi connectivity index (χ4n) is 2.98. The molecule has 1 atom stereocenters. The number of carbonyl (C=O) groups is 1. The first-order valence-corrected chi connectivity index (χ1v) is 8.65. The van der Waals surface area contributed by atoms with Gasteiger partial charge >= 0.3 is 6.03 Å². The largest absolute Gasteiger partial charge is 0.369 e. The molecule has 0 spiro atoms. The van der Waals surface area contributed by atoms with Crippen molar-refractivity contribution >= 4 is 29.0 Å². The standard InChI is InChI=1S/C19H21ClFN3O/c1-12-6-7-15(10-17(12)21)24-9-8-14(11-24)22-19(25)23-18-5-3-4-16(20)13(18)2/h3-7,10,14H,8-9,11H2,1-2H3,(H2,22,23,25)/t14-/m1/s1. The molecule has 25 heavy (non-hydrogen) atoms. The SMILES string of the molecule is Cc1ccc(N2CC[C@@H](NC(=O)Nc3cccc(Cl)c3C)C2)cc1F. The van der Waals surface area contributed by atoms with Crippen molar-refractivity contribution in [2.75, 3.05) is 23.3 Å². The Morgan fingerprint density at radius 3 is 2.84 bits per heavy atom. The van der Waals surface area contributed by atoms with Crippen molar-refractivity contribution in [3.63, 3.8) is 0 Å². The Kier molecular flexibility index (Phi) is 5.13. The van der Waals surface area contributed by atoms with Crippen LogP contribution in [0.4, 0.5) is 20.6 Å². The number of nitrogens with zero attached hydrogens (tertiary/aromatic N) is 1. The van der Waals surface area contributed by atoms with Gasteiger partial charge in [-0.2, -0.15) is 0 Å². The predicted molar refractivity (Wildman–Crippen MR) is 100 cm³/mol. The van der Waals surface area contributed by atoms with Crippen molar-refractivity contribution in [1.29, 1.82) is 0 Å². The minimum Gasteiger partial charge on any atom is -0.369 e. The van der Waals surface area contributed by atoms with Crippen LogP contribution in [-0.4, -0.2) is 25.2 Å². The summed E-state index contributed by atoms with van der Waals surface area (Å²) in [5.74, 6) is -0.205. The second-order valence-corrected chi connectivity index (χ2v) is 6.78. The maximum absolute atomic E-state index is 13.7. The molecule has 2 N–H and O–H groups in total. The lowest BCUT2D eigenvalue weighted by Crippen LogP contribution is -2.39. The van der Waals surface area contributed by atoms with Gasteiger partial charge in [-0.1, -0.05) is 23.7 Å². The number of carbonyl (C=O) groups excluding carboxylic acids is 1.